The first-order valence-electron chi connectivity index (χ1n) is 6.14. The SMILES string of the molecule is O=C(O)c1cccn(Cc2c[nH]c3ccccc23)c1=O. The largest absolute Gasteiger partial charge is 0.477 e. The van der Waals surface area contributed by atoms with E-state index in [0.717, 1.165) is 16.5 Å². The average Bonchev–Trinajstić information content (AvgIpc) is 2.84. The van der Waals surface area contributed by atoms with Crippen LogP contribution >= 0.6 is 0 Å². The second kappa shape index (κ2) is 4.70. The van der Waals surface area contributed by atoms with Gasteiger partial charge in [0.2, 0.25) is 0 Å². The van der Waals surface area contributed by atoms with Crippen molar-refractivity contribution in [1.82, 2.24) is 9.55 Å². The Morgan fingerprint density at radius 2 is 2.00 bits per heavy atom. The Labute approximate surface area is 114 Å². The standard InChI is InChI=1S/C15H12N2O3/c18-14-12(15(19)20)5-3-7-17(14)9-10-8-16-13-6-2-1-4-11(10)13/h1-8,16H,9H2,(H,19,20). The highest BCUT2D eigenvalue weighted by Gasteiger charge is 2.11. The molecule has 0 saturated carbocycles. The maximum atomic E-state index is 12.0. The number of rotatable bonds is 3. The summed E-state index contributed by atoms with van der Waals surface area (Å²) in [6.45, 7) is 0.337. The van der Waals surface area contributed by atoms with Crippen LogP contribution in [0.25, 0.3) is 10.9 Å². The van der Waals surface area contributed by atoms with E-state index in [1.807, 2.05) is 30.5 Å². The van der Waals surface area contributed by atoms with Gasteiger partial charge >= 0.3 is 5.97 Å². The zero-order chi connectivity index (χ0) is 14.1. The van der Waals surface area contributed by atoms with Crippen LogP contribution in [0.5, 0.6) is 0 Å². The Hall–Kier alpha value is -2.82. The molecular formula is C15H12N2O3. The van der Waals surface area contributed by atoms with Crippen molar-refractivity contribution >= 4 is 16.9 Å². The Morgan fingerprint density at radius 3 is 2.80 bits per heavy atom. The number of aromatic carboxylic acids is 1. The predicted molar refractivity (Wildman–Crippen MR) is 75.1 cm³/mol. The number of aromatic nitrogens is 2. The van der Waals surface area contributed by atoms with Crippen LogP contribution in [0.3, 0.4) is 0 Å². The highest BCUT2D eigenvalue weighted by Crippen LogP contribution is 2.18. The molecule has 2 aromatic heterocycles. The number of hydrogen-bond acceptors (Lipinski definition) is 2. The number of pyridine rings is 1. The molecule has 2 heterocycles. The predicted octanol–water partition coefficient (Wildman–Crippen LogP) is 2.08. The van der Waals surface area contributed by atoms with Gasteiger partial charge in [-0.3, -0.25) is 4.79 Å². The number of hydrogen-bond donors (Lipinski definition) is 2. The molecular weight excluding hydrogens is 256 g/mol. The highest BCUT2D eigenvalue weighted by atomic mass is 16.4. The normalized spacial score (nSPS) is 10.8. The summed E-state index contributed by atoms with van der Waals surface area (Å²) in [4.78, 5) is 26.1. The molecule has 0 fully saturated rings. The van der Waals surface area contributed by atoms with Crippen molar-refractivity contribution in [3.8, 4) is 0 Å². The van der Waals surface area contributed by atoms with Gasteiger partial charge in [-0.05, 0) is 23.8 Å². The van der Waals surface area contributed by atoms with E-state index in [-0.39, 0.29) is 5.56 Å². The lowest BCUT2D eigenvalue weighted by atomic mass is 10.1. The van der Waals surface area contributed by atoms with E-state index in [9.17, 15) is 9.59 Å². The lowest BCUT2D eigenvalue weighted by Crippen LogP contribution is -2.25. The molecule has 0 saturated heterocycles. The number of para-hydroxylation sites is 1. The van der Waals surface area contributed by atoms with Crippen molar-refractivity contribution in [2.75, 3.05) is 0 Å². The second-order valence-corrected chi connectivity index (χ2v) is 4.52. The maximum Gasteiger partial charge on any atom is 0.341 e. The fourth-order valence-corrected chi connectivity index (χ4v) is 2.27. The van der Waals surface area contributed by atoms with Crippen molar-refractivity contribution in [1.29, 1.82) is 0 Å². The number of fused-ring (bicyclic) bond motifs is 1. The first-order valence-corrected chi connectivity index (χ1v) is 6.14. The van der Waals surface area contributed by atoms with Crippen molar-refractivity contribution in [3.05, 3.63) is 70.3 Å². The molecule has 3 rings (SSSR count). The van der Waals surface area contributed by atoms with Crippen molar-refractivity contribution in [3.63, 3.8) is 0 Å². The summed E-state index contributed by atoms with van der Waals surface area (Å²) in [5.74, 6) is -1.21. The second-order valence-electron chi connectivity index (χ2n) is 4.52. The van der Waals surface area contributed by atoms with Crippen LogP contribution < -0.4 is 5.56 Å². The molecule has 0 amide bonds. The van der Waals surface area contributed by atoms with Crippen molar-refractivity contribution in [2.24, 2.45) is 0 Å². The molecule has 100 valence electrons. The highest BCUT2D eigenvalue weighted by molar-refractivity contribution is 5.87. The van der Waals surface area contributed by atoms with Crippen LogP contribution in [0.4, 0.5) is 0 Å². The minimum atomic E-state index is -1.21. The van der Waals surface area contributed by atoms with Crippen LogP contribution in [0.15, 0.2) is 53.6 Å². The molecule has 0 atom stereocenters. The average molecular weight is 268 g/mol. The third kappa shape index (κ3) is 1.99. The minimum absolute atomic E-state index is 0.215. The Balaban J connectivity index is 2.06. The van der Waals surface area contributed by atoms with Crippen molar-refractivity contribution in [2.45, 2.75) is 6.54 Å². The van der Waals surface area contributed by atoms with E-state index in [2.05, 4.69) is 4.98 Å². The molecule has 0 aliphatic heterocycles. The van der Waals surface area contributed by atoms with Crippen LogP contribution in [0, 0.1) is 0 Å². The maximum absolute atomic E-state index is 12.0. The number of carbonyl (C=O) groups is 1. The topological polar surface area (TPSA) is 75.1 Å². The number of nitrogens with zero attached hydrogens (tertiary/aromatic N) is 1. The van der Waals surface area contributed by atoms with Gasteiger partial charge in [0.25, 0.3) is 5.56 Å². The lowest BCUT2D eigenvalue weighted by molar-refractivity contribution is 0.0694. The van der Waals surface area contributed by atoms with Crippen LogP contribution in [-0.4, -0.2) is 20.6 Å². The van der Waals surface area contributed by atoms with Gasteiger partial charge in [-0.2, -0.15) is 0 Å². The van der Waals surface area contributed by atoms with Gasteiger partial charge in [-0.1, -0.05) is 18.2 Å². The Morgan fingerprint density at radius 1 is 1.20 bits per heavy atom. The van der Waals surface area contributed by atoms with E-state index >= 15 is 0 Å². The molecule has 3 aromatic rings. The molecule has 0 aliphatic rings. The van der Waals surface area contributed by atoms with Gasteiger partial charge < -0.3 is 14.7 Å². The van der Waals surface area contributed by atoms with Gasteiger partial charge in [0.05, 0.1) is 6.54 Å². The fourth-order valence-electron chi connectivity index (χ4n) is 2.27. The molecule has 5 heteroatoms. The molecule has 20 heavy (non-hydrogen) atoms. The fraction of sp³-hybridized carbons (Fsp3) is 0.0667. The van der Waals surface area contributed by atoms with E-state index in [4.69, 9.17) is 5.11 Å². The van der Waals surface area contributed by atoms with E-state index in [0.29, 0.717) is 6.54 Å². The van der Waals surface area contributed by atoms with E-state index in [1.165, 1.54) is 10.6 Å². The molecule has 0 aliphatic carbocycles. The summed E-state index contributed by atoms with van der Waals surface area (Å²) < 4.78 is 1.40. The molecule has 2 N–H and O–H groups in total. The number of benzene rings is 1. The third-order valence-electron chi connectivity index (χ3n) is 3.27. The molecule has 1 aromatic carbocycles. The minimum Gasteiger partial charge on any atom is -0.477 e. The quantitative estimate of drug-likeness (QED) is 0.763. The molecule has 0 spiro atoms. The summed E-state index contributed by atoms with van der Waals surface area (Å²) in [7, 11) is 0. The first kappa shape index (κ1) is 12.2. The zero-order valence-corrected chi connectivity index (χ0v) is 10.5. The molecule has 5 nitrogen and oxygen atoms in total. The van der Waals surface area contributed by atoms with Gasteiger partial charge in [0.1, 0.15) is 5.56 Å². The van der Waals surface area contributed by atoms with E-state index in [1.54, 1.807) is 12.3 Å². The summed E-state index contributed by atoms with van der Waals surface area (Å²) >= 11 is 0. The van der Waals surface area contributed by atoms with Gasteiger partial charge in [-0.25, -0.2) is 4.79 Å². The summed E-state index contributed by atoms with van der Waals surface area (Å²) in [6.07, 6.45) is 3.43. The third-order valence-corrected chi connectivity index (χ3v) is 3.27. The summed E-state index contributed by atoms with van der Waals surface area (Å²) in [5, 5.41) is 10.00. The number of nitrogens with one attached hydrogen (secondary N) is 1. The Bertz CT molecular complexity index is 845. The van der Waals surface area contributed by atoms with Gasteiger partial charge in [0.15, 0.2) is 0 Å². The monoisotopic (exact) mass is 268 g/mol. The lowest BCUT2D eigenvalue weighted by Gasteiger charge is -2.05. The van der Waals surface area contributed by atoms with Crippen LogP contribution in [0.2, 0.25) is 0 Å². The Kier molecular flexibility index (Phi) is 2.87. The summed E-state index contributed by atoms with van der Waals surface area (Å²) in [6, 6.07) is 10.7. The number of H-pyrrole nitrogens is 1. The molecule has 0 radical (unpaired) electrons. The van der Waals surface area contributed by atoms with Crippen LogP contribution in [0.1, 0.15) is 15.9 Å². The van der Waals surface area contributed by atoms with E-state index < -0.39 is 11.5 Å². The zero-order valence-electron chi connectivity index (χ0n) is 10.5. The van der Waals surface area contributed by atoms with Gasteiger partial charge in [-0.15, -0.1) is 0 Å². The van der Waals surface area contributed by atoms with Gasteiger partial charge in [0, 0.05) is 23.3 Å². The smallest absolute Gasteiger partial charge is 0.341 e. The summed E-state index contributed by atoms with van der Waals surface area (Å²) in [5.41, 5.74) is 1.23. The van der Waals surface area contributed by atoms with Crippen molar-refractivity contribution < 1.29 is 9.90 Å². The van der Waals surface area contributed by atoms with Crippen LogP contribution in [-0.2, 0) is 6.54 Å². The number of carboxylic acid groups (broad SMARTS) is 1. The number of carboxylic acids is 1. The molecule has 0 unspecified atom stereocenters. The number of aromatic amines is 1. The first-order chi connectivity index (χ1) is 9.66. The molecule has 0 bridgehead atoms.